The van der Waals surface area contributed by atoms with Gasteiger partial charge in [-0.25, -0.2) is 4.39 Å². The quantitative estimate of drug-likeness (QED) is 0.533. The third-order valence-corrected chi connectivity index (χ3v) is 8.75. The first-order valence-corrected chi connectivity index (χ1v) is 12.1. The maximum absolute atomic E-state index is 15.5. The number of rotatable bonds is 3. The smallest absolute Gasteiger partial charge is 0.259 e. The highest BCUT2D eigenvalue weighted by Gasteiger charge is 2.66. The molecule has 2 N–H and O–H groups in total. The van der Waals surface area contributed by atoms with E-state index in [0.29, 0.717) is 23.1 Å². The lowest BCUT2D eigenvalue weighted by Gasteiger charge is -2.46. The maximum Gasteiger partial charge on any atom is 0.259 e. The molecule has 33 heavy (non-hydrogen) atoms. The van der Waals surface area contributed by atoms with Gasteiger partial charge in [0.15, 0.2) is 10.7 Å². The summed E-state index contributed by atoms with van der Waals surface area (Å²) in [7, 11) is 3.48. The maximum atomic E-state index is 15.5. The summed E-state index contributed by atoms with van der Waals surface area (Å²) < 4.78 is 21.1. The van der Waals surface area contributed by atoms with E-state index in [2.05, 4.69) is 22.8 Å². The van der Waals surface area contributed by atoms with Crippen LogP contribution in [0, 0.1) is 11.2 Å². The Morgan fingerprint density at radius 3 is 2.61 bits per heavy atom. The van der Waals surface area contributed by atoms with E-state index in [1.807, 2.05) is 18.2 Å². The van der Waals surface area contributed by atoms with Crippen molar-refractivity contribution in [3.8, 4) is 11.1 Å². The van der Waals surface area contributed by atoms with Crippen molar-refractivity contribution >= 4 is 23.2 Å². The molecular formula is C26H28FN3O2S. The predicted octanol–water partition coefficient (Wildman–Crippen LogP) is 3.81. The predicted molar refractivity (Wildman–Crippen MR) is 128 cm³/mol. The van der Waals surface area contributed by atoms with Crippen LogP contribution in [0.4, 0.5) is 4.39 Å². The Morgan fingerprint density at radius 1 is 1.21 bits per heavy atom. The number of hydrogen-bond donors (Lipinski definition) is 2. The Bertz CT molecular complexity index is 1170. The van der Waals surface area contributed by atoms with Crippen LogP contribution in [0.25, 0.3) is 11.1 Å². The van der Waals surface area contributed by atoms with E-state index >= 15 is 4.39 Å². The molecule has 4 aliphatic rings. The second-order valence-electron chi connectivity index (χ2n) is 10.0. The molecule has 2 unspecified atom stereocenters. The number of methoxy groups -OCH3 is 1. The van der Waals surface area contributed by atoms with E-state index in [9.17, 15) is 4.79 Å². The molecule has 1 saturated carbocycles. The van der Waals surface area contributed by atoms with Crippen molar-refractivity contribution in [1.82, 2.24) is 15.5 Å². The number of halogens is 1. The van der Waals surface area contributed by atoms with Gasteiger partial charge in [-0.15, -0.1) is 0 Å². The van der Waals surface area contributed by atoms with Gasteiger partial charge in [-0.3, -0.25) is 9.69 Å². The van der Waals surface area contributed by atoms with Gasteiger partial charge in [0.05, 0.1) is 6.10 Å². The minimum Gasteiger partial charge on any atom is -0.381 e. The first kappa shape index (κ1) is 21.2. The molecule has 6 rings (SSSR count). The molecule has 7 heteroatoms. The van der Waals surface area contributed by atoms with Crippen molar-refractivity contribution in [2.75, 3.05) is 20.7 Å². The van der Waals surface area contributed by atoms with Gasteiger partial charge in [0.1, 0.15) is 5.82 Å². The third-order valence-electron chi connectivity index (χ3n) is 8.38. The Morgan fingerprint density at radius 2 is 1.97 bits per heavy atom. The first-order valence-electron chi connectivity index (χ1n) is 11.7. The van der Waals surface area contributed by atoms with Gasteiger partial charge in [-0.05, 0) is 84.8 Å². The highest BCUT2D eigenvalue weighted by atomic mass is 32.1. The molecule has 172 valence electrons. The van der Waals surface area contributed by atoms with Gasteiger partial charge in [0.2, 0.25) is 0 Å². The van der Waals surface area contributed by atoms with Gasteiger partial charge in [-0.1, -0.05) is 18.2 Å². The number of hydrogen-bond acceptors (Lipinski definition) is 4. The fourth-order valence-electron chi connectivity index (χ4n) is 6.45. The molecule has 5 nitrogen and oxygen atoms in total. The number of nitrogens with zero attached hydrogens (tertiary/aromatic N) is 1. The van der Waals surface area contributed by atoms with Gasteiger partial charge in [-0.2, -0.15) is 0 Å². The number of likely N-dealkylation sites (N-methyl/N-ethyl adjacent to an activating group) is 1. The number of fused-ring (bicyclic) bond motifs is 3. The average molecular weight is 466 g/mol. The van der Waals surface area contributed by atoms with E-state index < -0.39 is 5.54 Å². The third kappa shape index (κ3) is 2.95. The van der Waals surface area contributed by atoms with Crippen LogP contribution < -0.4 is 10.6 Å². The van der Waals surface area contributed by atoms with E-state index in [1.165, 1.54) is 0 Å². The van der Waals surface area contributed by atoms with Crippen molar-refractivity contribution in [2.45, 2.75) is 49.8 Å². The fraction of sp³-hybridized carbons (Fsp3) is 0.462. The van der Waals surface area contributed by atoms with Crippen molar-refractivity contribution in [3.05, 3.63) is 58.9 Å². The molecule has 2 atom stereocenters. The van der Waals surface area contributed by atoms with E-state index in [-0.39, 0.29) is 23.2 Å². The molecule has 1 amide bonds. The van der Waals surface area contributed by atoms with Crippen LogP contribution in [0.2, 0.25) is 0 Å². The molecule has 2 aliphatic carbocycles. The van der Waals surface area contributed by atoms with Gasteiger partial charge in [0.25, 0.3) is 5.91 Å². The number of thiocarbonyl (C=S) groups is 1. The standard InChI is InChI=1S/C26H28FN3O2S/c1-30-23(31)26(29-24(30)33)20-12-19(15-4-3-5-16(10-15)22-14-28-22)21(27)11-17(20)13-25(26)8-6-18(32-2)7-9-25/h3-5,10-12,18,22,28H,6-9,13-14H2,1-2H3,(H,29,33). The summed E-state index contributed by atoms with van der Waals surface area (Å²) in [6.07, 6.45) is 4.28. The Hall–Kier alpha value is -2.35. The second kappa shape index (κ2) is 7.32. The highest BCUT2D eigenvalue weighted by molar-refractivity contribution is 7.80. The average Bonchev–Trinajstić information content (AvgIpc) is 3.61. The van der Waals surface area contributed by atoms with Crippen LogP contribution in [-0.4, -0.2) is 42.7 Å². The molecular weight excluding hydrogens is 437 g/mol. The zero-order valence-electron chi connectivity index (χ0n) is 18.9. The first-order chi connectivity index (χ1) is 15.9. The lowest BCUT2D eigenvalue weighted by atomic mass is 9.61. The molecule has 2 aromatic carbocycles. The van der Waals surface area contributed by atoms with Gasteiger partial charge < -0.3 is 15.4 Å². The molecule has 0 radical (unpaired) electrons. The molecule has 2 saturated heterocycles. The van der Waals surface area contributed by atoms with Crippen molar-refractivity contribution in [3.63, 3.8) is 0 Å². The minimum absolute atomic E-state index is 0.0318. The molecule has 2 aliphatic heterocycles. The zero-order chi connectivity index (χ0) is 23.0. The molecule has 3 fully saturated rings. The summed E-state index contributed by atoms with van der Waals surface area (Å²) in [6.45, 7) is 0.951. The Kier molecular flexibility index (Phi) is 4.70. The molecule has 2 aromatic rings. The molecule has 0 bridgehead atoms. The summed E-state index contributed by atoms with van der Waals surface area (Å²) in [4.78, 5) is 15.4. The van der Waals surface area contributed by atoms with Crippen LogP contribution in [0.3, 0.4) is 0 Å². The fourth-order valence-corrected chi connectivity index (χ4v) is 6.68. The summed E-state index contributed by atoms with van der Waals surface area (Å²) >= 11 is 5.55. The normalized spacial score (nSPS) is 32.5. The Labute approximate surface area is 198 Å². The number of carbonyl (C=O) groups excluding carboxylic acids is 1. The zero-order valence-corrected chi connectivity index (χ0v) is 19.7. The van der Waals surface area contributed by atoms with Crippen molar-refractivity contribution in [1.29, 1.82) is 0 Å². The number of ether oxygens (including phenoxy) is 1. The summed E-state index contributed by atoms with van der Waals surface area (Å²) in [5.41, 5.74) is 3.02. The van der Waals surface area contributed by atoms with E-state index in [0.717, 1.165) is 54.5 Å². The van der Waals surface area contributed by atoms with Gasteiger partial charge in [0, 0.05) is 37.7 Å². The summed E-state index contributed by atoms with van der Waals surface area (Å²) in [5.74, 6) is -0.274. The number of carbonyl (C=O) groups is 1. The molecule has 2 heterocycles. The van der Waals surface area contributed by atoms with E-state index in [1.54, 1.807) is 25.1 Å². The SMILES string of the molecule is COC1CCC2(CC1)Cc1cc(F)c(-c3cccc(C4CN4)c3)cc1C21NC(=S)N(C)C1=O. The summed E-state index contributed by atoms with van der Waals surface area (Å²) in [6, 6.07) is 11.9. The van der Waals surface area contributed by atoms with Crippen molar-refractivity contribution < 1.29 is 13.9 Å². The van der Waals surface area contributed by atoms with E-state index in [4.69, 9.17) is 17.0 Å². The number of benzene rings is 2. The van der Waals surface area contributed by atoms with Crippen LogP contribution >= 0.6 is 12.2 Å². The number of nitrogens with one attached hydrogen (secondary N) is 2. The number of amides is 1. The topological polar surface area (TPSA) is 63.5 Å². The molecule has 2 spiro atoms. The lowest BCUT2D eigenvalue weighted by molar-refractivity contribution is -0.137. The van der Waals surface area contributed by atoms with Crippen molar-refractivity contribution in [2.24, 2.45) is 5.41 Å². The minimum atomic E-state index is -0.953. The van der Waals surface area contributed by atoms with Crippen LogP contribution in [0.5, 0.6) is 0 Å². The van der Waals surface area contributed by atoms with Crippen LogP contribution in [-0.2, 0) is 21.5 Å². The monoisotopic (exact) mass is 465 g/mol. The Balaban J connectivity index is 1.50. The van der Waals surface area contributed by atoms with Gasteiger partial charge >= 0.3 is 0 Å². The highest BCUT2D eigenvalue weighted by Crippen LogP contribution is 2.60. The van der Waals surface area contributed by atoms with Crippen LogP contribution in [0.1, 0.15) is 48.4 Å². The summed E-state index contributed by atoms with van der Waals surface area (Å²) in [5, 5.41) is 7.20. The second-order valence-corrected chi connectivity index (χ2v) is 10.4. The largest absolute Gasteiger partial charge is 0.381 e. The lowest BCUT2D eigenvalue weighted by Crippen LogP contribution is -2.56. The molecule has 0 aromatic heterocycles. The van der Waals surface area contributed by atoms with Crippen LogP contribution in [0.15, 0.2) is 36.4 Å².